The predicted octanol–water partition coefficient (Wildman–Crippen LogP) is 4.50. The van der Waals surface area contributed by atoms with Crippen molar-refractivity contribution < 1.29 is 0 Å². The number of halogens is 1. The van der Waals surface area contributed by atoms with E-state index in [2.05, 4.69) is 0 Å². The van der Waals surface area contributed by atoms with Crippen LogP contribution in [0.2, 0.25) is 5.02 Å². The third-order valence-electron chi connectivity index (χ3n) is 2.52. The summed E-state index contributed by atoms with van der Waals surface area (Å²) in [5, 5.41) is 8.47. The molecule has 2 rings (SSSR count). The van der Waals surface area contributed by atoms with Gasteiger partial charge in [-0.15, -0.1) is 11.8 Å². The summed E-state index contributed by atoms with van der Waals surface area (Å²) in [5.74, 6) is 0.0985. The van der Waals surface area contributed by atoms with Crippen LogP contribution in [0.25, 0.3) is 0 Å². The predicted molar refractivity (Wildman–Crippen MR) is 84.8 cm³/mol. The highest BCUT2D eigenvalue weighted by atomic mass is 35.5. The Morgan fingerprint density at radius 3 is 2.32 bits per heavy atom. The lowest BCUT2D eigenvalue weighted by Gasteiger charge is -2.11. The molecule has 2 aromatic rings. The quantitative estimate of drug-likeness (QED) is 0.497. The van der Waals surface area contributed by atoms with Crippen molar-refractivity contribution in [2.75, 3.05) is 6.26 Å². The van der Waals surface area contributed by atoms with Crippen molar-refractivity contribution >= 4 is 41.0 Å². The van der Waals surface area contributed by atoms with E-state index in [1.54, 1.807) is 23.5 Å². The summed E-state index contributed by atoms with van der Waals surface area (Å²) < 4.78 is 0. The summed E-state index contributed by atoms with van der Waals surface area (Å²) in [5.41, 5.74) is 6.51. The third kappa shape index (κ3) is 3.47. The van der Waals surface area contributed by atoms with Crippen molar-refractivity contribution in [1.82, 2.24) is 0 Å². The van der Waals surface area contributed by atoms with E-state index in [-0.39, 0.29) is 5.84 Å². The van der Waals surface area contributed by atoms with E-state index >= 15 is 0 Å². The summed E-state index contributed by atoms with van der Waals surface area (Å²) in [4.78, 5) is 3.08. The number of nitrogens with two attached hydrogens (primary N) is 1. The molecule has 0 radical (unpaired) electrons. The van der Waals surface area contributed by atoms with E-state index in [1.807, 2.05) is 48.7 Å². The van der Waals surface area contributed by atoms with Gasteiger partial charge in [-0.1, -0.05) is 29.4 Å². The van der Waals surface area contributed by atoms with Gasteiger partial charge < -0.3 is 5.73 Å². The highest BCUT2D eigenvalue weighted by molar-refractivity contribution is 8.00. The van der Waals surface area contributed by atoms with Crippen molar-refractivity contribution in [3.63, 3.8) is 0 Å². The van der Waals surface area contributed by atoms with Gasteiger partial charge in [0.15, 0.2) is 0 Å². The largest absolute Gasteiger partial charge is 0.384 e. The monoisotopic (exact) mass is 308 g/mol. The van der Waals surface area contributed by atoms with Crippen LogP contribution in [0.4, 0.5) is 0 Å². The normalized spacial score (nSPS) is 10.4. The third-order valence-corrected chi connectivity index (χ3v) is 4.62. The molecule has 3 N–H and O–H groups in total. The Morgan fingerprint density at radius 1 is 1.11 bits per heavy atom. The molecule has 0 aliphatic rings. The number of hydrogen-bond donors (Lipinski definition) is 2. The van der Waals surface area contributed by atoms with E-state index < -0.39 is 0 Å². The van der Waals surface area contributed by atoms with E-state index in [0.29, 0.717) is 5.02 Å². The number of nitrogens with one attached hydrogen (secondary N) is 1. The number of benzene rings is 2. The van der Waals surface area contributed by atoms with Crippen molar-refractivity contribution in [3.8, 4) is 0 Å². The highest BCUT2D eigenvalue weighted by Gasteiger charge is 2.11. The Kier molecular flexibility index (Phi) is 4.80. The van der Waals surface area contributed by atoms with Crippen LogP contribution in [-0.2, 0) is 0 Å². The molecule has 2 nitrogen and oxygen atoms in total. The molecule has 0 saturated heterocycles. The van der Waals surface area contributed by atoms with Crippen LogP contribution in [0.1, 0.15) is 5.56 Å². The smallest absolute Gasteiger partial charge is 0.125 e. The average Bonchev–Trinajstić information content (AvgIpc) is 2.40. The van der Waals surface area contributed by atoms with Crippen LogP contribution in [0, 0.1) is 5.41 Å². The summed E-state index contributed by atoms with van der Waals surface area (Å²) in [6.07, 6.45) is 1.98. The van der Waals surface area contributed by atoms with Gasteiger partial charge in [-0.2, -0.15) is 0 Å². The minimum absolute atomic E-state index is 0.0985. The fourth-order valence-corrected chi connectivity index (χ4v) is 3.49. The lowest BCUT2D eigenvalue weighted by atomic mass is 10.2. The molecule has 0 atom stereocenters. The van der Waals surface area contributed by atoms with Gasteiger partial charge in [-0.05, 0) is 42.7 Å². The Bertz CT molecular complexity index is 597. The maximum Gasteiger partial charge on any atom is 0.125 e. The zero-order valence-corrected chi connectivity index (χ0v) is 12.7. The second-order valence-corrected chi connectivity index (χ2v) is 6.20. The molecule has 0 unspecified atom stereocenters. The van der Waals surface area contributed by atoms with Gasteiger partial charge in [0.05, 0.1) is 0 Å². The Labute approximate surface area is 126 Å². The number of hydrogen-bond acceptors (Lipinski definition) is 3. The van der Waals surface area contributed by atoms with E-state index in [1.165, 1.54) is 0 Å². The molecule has 19 heavy (non-hydrogen) atoms. The van der Waals surface area contributed by atoms with Crippen LogP contribution in [0.15, 0.2) is 57.2 Å². The molecule has 0 aliphatic carbocycles. The van der Waals surface area contributed by atoms with E-state index in [4.69, 9.17) is 22.7 Å². The van der Waals surface area contributed by atoms with Crippen LogP contribution >= 0.6 is 35.1 Å². The highest BCUT2D eigenvalue weighted by Crippen LogP contribution is 2.34. The molecule has 0 aromatic heterocycles. The fraction of sp³-hybridized carbons (Fsp3) is 0.0714. The summed E-state index contributed by atoms with van der Waals surface area (Å²) in [6, 6.07) is 13.6. The standard InChI is InChI=1S/C14H13ClN2S2/c1-18-11-3-2-4-12(13(11)14(16)17)19-10-7-5-9(15)6-8-10/h2-8H,1H3,(H3,16,17). The number of nitrogen functional groups attached to an aromatic ring is 1. The molecular weight excluding hydrogens is 296 g/mol. The van der Waals surface area contributed by atoms with Crippen molar-refractivity contribution in [2.45, 2.75) is 14.7 Å². The molecule has 0 saturated carbocycles. The van der Waals surface area contributed by atoms with Gasteiger partial charge in [-0.3, -0.25) is 5.41 Å². The first-order chi connectivity index (χ1) is 9.11. The second-order valence-electron chi connectivity index (χ2n) is 3.80. The summed E-state index contributed by atoms with van der Waals surface area (Å²) >= 11 is 9.06. The van der Waals surface area contributed by atoms with Crippen LogP contribution in [0.3, 0.4) is 0 Å². The van der Waals surface area contributed by atoms with Crippen LogP contribution < -0.4 is 5.73 Å². The Balaban J connectivity index is 2.39. The van der Waals surface area contributed by atoms with Gasteiger partial charge in [0.1, 0.15) is 5.84 Å². The molecule has 5 heteroatoms. The van der Waals surface area contributed by atoms with Crippen LogP contribution in [0.5, 0.6) is 0 Å². The van der Waals surface area contributed by atoms with E-state index in [0.717, 1.165) is 20.2 Å². The second kappa shape index (κ2) is 6.37. The minimum atomic E-state index is 0.0985. The van der Waals surface area contributed by atoms with Gasteiger partial charge in [-0.25, -0.2) is 0 Å². The summed E-state index contributed by atoms with van der Waals surface area (Å²) in [7, 11) is 0. The Hall–Kier alpha value is -1.10. The number of amidine groups is 1. The Morgan fingerprint density at radius 2 is 1.74 bits per heavy atom. The lowest BCUT2D eigenvalue weighted by Crippen LogP contribution is -2.13. The molecule has 0 aliphatic heterocycles. The van der Waals surface area contributed by atoms with E-state index in [9.17, 15) is 0 Å². The summed E-state index contributed by atoms with van der Waals surface area (Å²) in [6.45, 7) is 0. The van der Waals surface area contributed by atoms with Gasteiger partial charge in [0.25, 0.3) is 0 Å². The first-order valence-electron chi connectivity index (χ1n) is 5.56. The molecule has 0 heterocycles. The number of thioether (sulfide) groups is 1. The van der Waals surface area contributed by atoms with Crippen LogP contribution in [-0.4, -0.2) is 12.1 Å². The minimum Gasteiger partial charge on any atom is -0.384 e. The fourth-order valence-electron chi connectivity index (χ4n) is 1.66. The maximum atomic E-state index is 7.75. The van der Waals surface area contributed by atoms with Crippen molar-refractivity contribution in [2.24, 2.45) is 5.73 Å². The van der Waals surface area contributed by atoms with Gasteiger partial charge in [0, 0.05) is 25.3 Å². The van der Waals surface area contributed by atoms with Gasteiger partial charge >= 0.3 is 0 Å². The maximum absolute atomic E-state index is 7.75. The first kappa shape index (κ1) is 14.3. The SMILES string of the molecule is CSc1cccc(Sc2ccc(Cl)cc2)c1C(=N)N. The number of rotatable bonds is 4. The molecule has 98 valence electrons. The van der Waals surface area contributed by atoms with Crippen molar-refractivity contribution in [3.05, 3.63) is 53.1 Å². The molecular formula is C14H13ClN2S2. The average molecular weight is 309 g/mol. The van der Waals surface area contributed by atoms with Gasteiger partial charge in [0.2, 0.25) is 0 Å². The molecule has 0 spiro atoms. The first-order valence-corrected chi connectivity index (χ1v) is 7.98. The molecule has 0 amide bonds. The molecule has 2 aromatic carbocycles. The topological polar surface area (TPSA) is 49.9 Å². The van der Waals surface area contributed by atoms with Crippen molar-refractivity contribution in [1.29, 1.82) is 5.41 Å². The zero-order valence-electron chi connectivity index (χ0n) is 10.3. The zero-order chi connectivity index (χ0) is 13.8. The molecule has 0 fully saturated rings. The lowest BCUT2D eigenvalue weighted by molar-refractivity contribution is 1.25. The molecule has 0 bridgehead atoms.